The van der Waals surface area contributed by atoms with E-state index in [2.05, 4.69) is 0 Å². The summed E-state index contributed by atoms with van der Waals surface area (Å²) in [4.78, 5) is 33.9. The average molecular weight is 323 g/mol. The lowest BCUT2D eigenvalue weighted by atomic mass is 10.1. The third-order valence-corrected chi connectivity index (χ3v) is 2.72. The second-order valence-electron chi connectivity index (χ2n) is 4.49. The van der Waals surface area contributed by atoms with Gasteiger partial charge in [0.05, 0.1) is 6.04 Å². The first kappa shape index (κ1) is 17.7. The molecule has 1 rings (SSSR count). The summed E-state index contributed by atoms with van der Waals surface area (Å²) in [6, 6.07) is -1.43. The predicted molar refractivity (Wildman–Crippen MR) is 63.5 cm³/mol. The molecular weight excluding hydrogens is 313 g/mol. The summed E-state index contributed by atoms with van der Waals surface area (Å²) in [5, 5.41) is 1.77. The zero-order valence-corrected chi connectivity index (χ0v) is 11.4. The van der Waals surface area contributed by atoms with Crippen molar-refractivity contribution >= 4 is 17.5 Å². The highest BCUT2D eigenvalue weighted by molar-refractivity contribution is 5.99. The van der Waals surface area contributed by atoms with E-state index in [0.717, 1.165) is 13.8 Å². The Morgan fingerprint density at radius 3 is 1.64 bits per heavy atom. The Morgan fingerprint density at radius 2 is 1.27 bits per heavy atom. The highest BCUT2D eigenvalue weighted by atomic mass is 19.2. The van der Waals surface area contributed by atoms with Gasteiger partial charge < -0.3 is 5.32 Å². The Bertz CT molecular complexity index is 631. The standard InChI is InChI=1S/C13H10F5NO3/c1-4(20)3-6(5(2)21)19-13(22)7-8(14)10(16)12(18)11(17)9(7)15/h6H,3H2,1-2H3,(H,19,22)/t6-/m0/s1. The minimum absolute atomic E-state index is 0.476. The summed E-state index contributed by atoms with van der Waals surface area (Å²) in [7, 11) is 0. The number of carbonyl (C=O) groups is 3. The molecule has 0 radical (unpaired) electrons. The molecule has 22 heavy (non-hydrogen) atoms. The highest BCUT2D eigenvalue weighted by Crippen LogP contribution is 2.23. The molecule has 1 amide bonds. The van der Waals surface area contributed by atoms with Gasteiger partial charge in [-0.3, -0.25) is 14.4 Å². The molecule has 0 aliphatic heterocycles. The summed E-state index contributed by atoms with van der Waals surface area (Å²) in [6.45, 7) is 2.09. The number of ketones is 2. The van der Waals surface area contributed by atoms with Crippen LogP contribution in [0.25, 0.3) is 0 Å². The topological polar surface area (TPSA) is 63.2 Å². The van der Waals surface area contributed by atoms with E-state index in [1.165, 1.54) is 0 Å². The maximum absolute atomic E-state index is 13.4. The van der Waals surface area contributed by atoms with Crippen molar-refractivity contribution in [2.24, 2.45) is 0 Å². The Kier molecular flexibility index (Phi) is 5.34. The van der Waals surface area contributed by atoms with E-state index in [1.807, 2.05) is 0 Å². The van der Waals surface area contributed by atoms with Gasteiger partial charge in [-0.2, -0.15) is 0 Å². The van der Waals surface area contributed by atoms with E-state index in [1.54, 1.807) is 5.32 Å². The maximum Gasteiger partial charge on any atom is 0.258 e. The summed E-state index contributed by atoms with van der Waals surface area (Å²) in [5.41, 5.74) is -1.72. The van der Waals surface area contributed by atoms with Crippen molar-refractivity contribution in [2.45, 2.75) is 26.3 Å². The Hall–Kier alpha value is -2.32. The van der Waals surface area contributed by atoms with Gasteiger partial charge in [-0.05, 0) is 13.8 Å². The zero-order valence-electron chi connectivity index (χ0n) is 11.4. The van der Waals surface area contributed by atoms with Crippen LogP contribution in [0.15, 0.2) is 0 Å². The van der Waals surface area contributed by atoms with Gasteiger partial charge in [0, 0.05) is 6.42 Å². The smallest absolute Gasteiger partial charge is 0.258 e. The van der Waals surface area contributed by atoms with E-state index in [-0.39, 0.29) is 0 Å². The largest absolute Gasteiger partial charge is 0.342 e. The van der Waals surface area contributed by atoms with Crippen molar-refractivity contribution in [3.05, 3.63) is 34.6 Å². The number of nitrogens with one attached hydrogen (secondary N) is 1. The number of Topliss-reactive ketones (excluding diaryl/α,β-unsaturated/α-hetero) is 2. The lowest BCUT2D eigenvalue weighted by Crippen LogP contribution is -2.41. The Balaban J connectivity index is 3.24. The van der Waals surface area contributed by atoms with Gasteiger partial charge in [0.1, 0.15) is 11.3 Å². The van der Waals surface area contributed by atoms with E-state index in [4.69, 9.17) is 0 Å². The fourth-order valence-electron chi connectivity index (χ4n) is 1.62. The van der Waals surface area contributed by atoms with Crippen molar-refractivity contribution < 1.29 is 36.3 Å². The molecule has 0 fully saturated rings. The van der Waals surface area contributed by atoms with Crippen LogP contribution in [0.1, 0.15) is 30.6 Å². The molecule has 0 unspecified atom stereocenters. The molecule has 120 valence electrons. The first-order valence-electron chi connectivity index (χ1n) is 5.90. The molecule has 9 heteroatoms. The van der Waals surface area contributed by atoms with Crippen LogP contribution in [0.5, 0.6) is 0 Å². The van der Waals surface area contributed by atoms with Crippen LogP contribution in [-0.4, -0.2) is 23.5 Å². The predicted octanol–water partition coefficient (Wildman–Crippen LogP) is 2.05. The Morgan fingerprint density at radius 1 is 0.864 bits per heavy atom. The number of hydrogen-bond donors (Lipinski definition) is 1. The van der Waals surface area contributed by atoms with E-state index >= 15 is 0 Å². The van der Waals surface area contributed by atoms with Crippen LogP contribution >= 0.6 is 0 Å². The molecule has 4 nitrogen and oxygen atoms in total. The molecule has 1 aromatic carbocycles. The van der Waals surface area contributed by atoms with Crippen LogP contribution in [0.2, 0.25) is 0 Å². The molecule has 1 aromatic rings. The van der Waals surface area contributed by atoms with Gasteiger partial charge in [0.15, 0.2) is 29.1 Å². The quantitative estimate of drug-likeness (QED) is 0.512. The van der Waals surface area contributed by atoms with E-state index < -0.39 is 64.6 Å². The SMILES string of the molecule is CC(=O)C[C@H](NC(=O)c1c(F)c(F)c(F)c(F)c1F)C(C)=O. The lowest BCUT2D eigenvalue weighted by Gasteiger charge is -2.15. The number of amides is 1. The van der Waals surface area contributed by atoms with Crippen molar-refractivity contribution in [3.8, 4) is 0 Å². The second kappa shape index (κ2) is 6.63. The number of hydrogen-bond acceptors (Lipinski definition) is 3. The minimum Gasteiger partial charge on any atom is -0.342 e. The summed E-state index contributed by atoms with van der Waals surface area (Å²) in [5.74, 6) is -14.5. The van der Waals surface area contributed by atoms with Crippen molar-refractivity contribution in [2.75, 3.05) is 0 Å². The number of benzene rings is 1. The molecular formula is C13H10F5NO3. The fourth-order valence-corrected chi connectivity index (χ4v) is 1.62. The molecule has 1 atom stereocenters. The van der Waals surface area contributed by atoms with Crippen LogP contribution in [0.3, 0.4) is 0 Å². The van der Waals surface area contributed by atoms with Crippen molar-refractivity contribution in [1.82, 2.24) is 5.32 Å². The first-order chi connectivity index (χ1) is 10.1. The molecule has 0 aliphatic rings. The fraction of sp³-hybridized carbons (Fsp3) is 0.308. The molecule has 0 aliphatic carbocycles. The normalized spacial score (nSPS) is 12.0. The third kappa shape index (κ3) is 3.46. The zero-order chi connectivity index (χ0) is 17.2. The van der Waals surface area contributed by atoms with Gasteiger partial charge in [0.2, 0.25) is 5.82 Å². The molecule has 0 spiro atoms. The highest BCUT2D eigenvalue weighted by Gasteiger charge is 2.31. The lowest BCUT2D eigenvalue weighted by molar-refractivity contribution is -0.123. The Labute approximate surface area is 121 Å². The van der Waals surface area contributed by atoms with Crippen molar-refractivity contribution in [1.29, 1.82) is 0 Å². The minimum atomic E-state index is -2.40. The van der Waals surface area contributed by atoms with Crippen LogP contribution in [0.4, 0.5) is 22.0 Å². The number of halogens is 5. The van der Waals surface area contributed by atoms with Gasteiger partial charge >= 0.3 is 0 Å². The molecule has 0 bridgehead atoms. The van der Waals surface area contributed by atoms with Crippen LogP contribution < -0.4 is 5.32 Å². The van der Waals surface area contributed by atoms with Crippen LogP contribution in [-0.2, 0) is 9.59 Å². The molecule has 1 N–H and O–H groups in total. The number of rotatable bonds is 5. The maximum atomic E-state index is 13.4. The summed E-state index contributed by atoms with van der Waals surface area (Å²) < 4.78 is 65.7. The average Bonchev–Trinajstić information content (AvgIpc) is 2.42. The summed E-state index contributed by atoms with van der Waals surface area (Å²) in [6.07, 6.45) is -0.476. The third-order valence-electron chi connectivity index (χ3n) is 2.72. The first-order valence-corrected chi connectivity index (χ1v) is 5.90. The molecule has 0 saturated heterocycles. The molecule has 0 aromatic heterocycles. The van der Waals surface area contributed by atoms with Gasteiger partial charge in [-0.1, -0.05) is 0 Å². The molecule has 0 saturated carbocycles. The second-order valence-corrected chi connectivity index (χ2v) is 4.49. The monoisotopic (exact) mass is 323 g/mol. The summed E-state index contributed by atoms with van der Waals surface area (Å²) >= 11 is 0. The van der Waals surface area contributed by atoms with E-state index in [9.17, 15) is 36.3 Å². The van der Waals surface area contributed by atoms with Gasteiger partial charge in [-0.15, -0.1) is 0 Å². The number of carbonyl (C=O) groups excluding carboxylic acids is 3. The van der Waals surface area contributed by atoms with Gasteiger partial charge in [-0.25, -0.2) is 22.0 Å². The van der Waals surface area contributed by atoms with Gasteiger partial charge in [0.25, 0.3) is 5.91 Å². The van der Waals surface area contributed by atoms with Crippen LogP contribution in [0, 0.1) is 29.1 Å². The van der Waals surface area contributed by atoms with Crippen molar-refractivity contribution in [3.63, 3.8) is 0 Å². The van der Waals surface area contributed by atoms with E-state index in [0.29, 0.717) is 0 Å². The molecule has 0 heterocycles.